The molecule has 3 aliphatic rings. The second-order valence-corrected chi connectivity index (χ2v) is 11.1. The number of hydrogen-bond acceptors (Lipinski definition) is 6. The van der Waals surface area contributed by atoms with E-state index >= 15 is 0 Å². The van der Waals surface area contributed by atoms with Crippen LogP contribution in [0.4, 0.5) is 5.69 Å². The number of carbonyl (C=O) groups excluding carboxylic acids is 2. The number of nitrogens with zero attached hydrogens (tertiary/aromatic N) is 3. The van der Waals surface area contributed by atoms with Gasteiger partial charge >= 0.3 is 0 Å². The number of halogens is 1. The number of rotatable bonds is 4. The molecular formula is C29H22ClN3O5. The molecule has 0 aliphatic carbocycles. The molecule has 4 aromatic rings. The van der Waals surface area contributed by atoms with Gasteiger partial charge in [-0.15, -0.1) is 0 Å². The maximum Gasteiger partial charge on any atom is 0.290 e. The van der Waals surface area contributed by atoms with E-state index in [0.29, 0.717) is 57.3 Å². The van der Waals surface area contributed by atoms with Crippen LogP contribution in [0, 0.1) is 23.2 Å². The lowest BCUT2D eigenvalue weighted by atomic mass is 9.67. The van der Waals surface area contributed by atoms with E-state index < -0.39 is 23.0 Å². The van der Waals surface area contributed by atoms with Crippen molar-refractivity contribution in [3.05, 3.63) is 75.5 Å². The van der Waals surface area contributed by atoms with Gasteiger partial charge in [0.25, 0.3) is 5.56 Å². The Hall–Kier alpha value is -3.93. The molecule has 0 saturated carbocycles. The first kappa shape index (κ1) is 23.2. The lowest BCUT2D eigenvalue weighted by Gasteiger charge is -2.31. The lowest BCUT2D eigenvalue weighted by molar-refractivity contribution is -0.131. The number of amides is 2. The van der Waals surface area contributed by atoms with Crippen LogP contribution in [0.25, 0.3) is 21.7 Å². The standard InChI is InChI=1S/C29H22ClN3O5/c1-28-10-11-29(38-28,12-13-32-25(34)20-8-7-17(30)14-22(20)37-32)24-23(28)26(35)33(27(24)36)21-9-6-16(15-31)18-4-2-3-5-19(18)21/h2-9,14,23-24H,10-13H2,1H3/t23-,24+,28-,29-/m0/s1. The summed E-state index contributed by atoms with van der Waals surface area (Å²) in [6.45, 7) is 2.10. The molecule has 3 aliphatic heterocycles. The summed E-state index contributed by atoms with van der Waals surface area (Å²) in [5, 5.41) is 11.8. The van der Waals surface area contributed by atoms with Crippen LogP contribution in [0.5, 0.6) is 0 Å². The van der Waals surface area contributed by atoms with Crippen LogP contribution >= 0.6 is 11.6 Å². The van der Waals surface area contributed by atoms with E-state index in [-0.39, 0.29) is 23.9 Å². The number of hydrogen-bond donors (Lipinski definition) is 0. The first-order chi connectivity index (χ1) is 18.3. The second-order valence-electron chi connectivity index (χ2n) is 10.6. The van der Waals surface area contributed by atoms with Crippen LogP contribution in [0.15, 0.2) is 63.9 Å². The zero-order chi connectivity index (χ0) is 26.4. The summed E-state index contributed by atoms with van der Waals surface area (Å²) < 4.78 is 13.6. The number of aromatic nitrogens is 1. The molecule has 4 heterocycles. The minimum Gasteiger partial charge on any atom is -0.376 e. The van der Waals surface area contributed by atoms with E-state index in [9.17, 15) is 19.6 Å². The molecule has 38 heavy (non-hydrogen) atoms. The second kappa shape index (κ2) is 7.79. The van der Waals surface area contributed by atoms with E-state index in [1.165, 1.54) is 9.64 Å². The number of fused-ring (bicyclic) bond motifs is 7. The molecule has 8 nitrogen and oxygen atoms in total. The zero-order valence-electron chi connectivity index (χ0n) is 20.4. The summed E-state index contributed by atoms with van der Waals surface area (Å²) in [5.74, 6) is -1.88. The first-order valence-corrected chi connectivity index (χ1v) is 12.9. The van der Waals surface area contributed by atoms with Crippen LogP contribution < -0.4 is 10.5 Å². The Balaban J connectivity index is 1.26. The van der Waals surface area contributed by atoms with Crippen LogP contribution in [-0.4, -0.2) is 27.8 Å². The molecule has 3 aromatic carbocycles. The molecule has 1 aromatic heterocycles. The van der Waals surface area contributed by atoms with E-state index in [1.54, 1.807) is 30.3 Å². The third-order valence-corrected chi connectivity index (χ3v) is 8.86. The van der Waals surface area contributed by atoms with Crippen molar-refractivity contribution >= 4 is 50.8 Å². The fraction of sp³-hybridized carbons (Fsp3) is 0.310. The van der Waals surface area contributed by atoms with Gasteiger partial charge in [-0.05, 0) is 50.5 Å². The number of aryl methyl sites for hydroxylation is 1. The molecule has 0 N–H and O–H groups in total. The van der Waals surface area contributed by atoms with E-state index in [2.05, 4.69) is 6.07 Å². The Labute approximate surface area is 221 Å². The van der Waals surface area contributed by atoms with Crippen molar-refractivity contribution in [2.75, 3.05) is 4.90 Å². The van der Waals surface area contributed by atoms with Crippen LogP contribution in [0.1, 0.15) is 31.7 Å². The van der Waals surface area contributed by atoms with Crippen LogP contribution in [-0.2, 0) is 20.9 Å². The fourth-order valence-electron chi connectivity index (χ4n) is 6.90. The van der Waals surface area contributed by atoms with Gasteiger partial charge in [-0.3, -0.25) is 14.4 Å². The molecule has 4 atom stereocenters. The summed E-state index contributed by atoms with van der Waals surface area (Å²) in [5.41, 5.74) is -0.587. The maximum atomic E-state index is 14.0. The lowest BCUT2D eigenvalue weighted by Crippen LogP contribution is -2.43. The van der Waals surface area contributed by atoms with Crippen molar-refractivity contribution in [3.63, 3.8) is 0 Å². The number of ether oxygens (including phenoxy) is 1. The number of nitriles is 1. The fourth-order valence-corrected chi connectivity index (χ4v) is 7.07. The Morgan fingerprint density at radius 1 is 1.00 bits per heavy atom. The van der Waals surface area contributed by atoms with Gasteiger partial charge in [0.15, 0.2) is 5.58 Å². The summed E-state index contributed by atoms with van der Waals surface area (Å²) in [6.07, 6.45) is 1.59. The normalized spacial score (nSPS) is 28.0. The summed E-state index contributed by atoms with van der Waals surface area (Å²) in [6, 6.07) is 17.7. The Kier molecular flexibility index (Phi) is 4.76. The highest BCUT2D eigenvalue weighted by molar-refractivity contribution is 6.31. The molecule has 2 bridgehead atoms. The molecule has 0 radical (unpaired) electrons. The molecular weight excluding hydrogens is 506 g/mol. The van der Waals surface area contributed by atoms with Gasteiger partial charge in [-0.2, -0.15) is 10.0 Å². The Bertz CT molecular complexity index is 1800. The Morgan fingerprint density at radius 3 is 2.55 bits per heavy atom. The minimum absolute atomic E-state index is 0.200. The van der Waals surface area contributed by atoms with Crippen molar-refractivity contribution in [3.8, 4) is 6.07 Å². The van der Waals surface area contributed by atoms with Gasteiger partial charge in [0, 0.05) is 21.9 Å². The Morgan fingerprint density at radius 2 is 1.76 bits per heavy atom. The molecule has 7 rings (SSSR count). The third kappa shape index (κ3) is 2.97. The van der Waals surface area contributed by atoms with Crippen LogP contribution in [0.2, 0.25) is 5.02 Å². The third-order valence-electron chi connectivity index (χ3n) is 8.62. The zero-order valence-corrected chi connectivity index (χ0v) is 21.2. The van der Waals surface area contributed by atoms with Gasteiger partial charge in [0.05, 0.1) is 52.3 Å². The van der Waals surface area contributed by atoms with Crippen molar-refractivity contribution in [2.24, 2.45) is 11.8 Å². The van der Waals surface area contributed by atoms with Crippen molar-refractivity contribution in [1.29, 1.82) is 5.26 Å². The highest BCUT2D eigenvalue weighted by Gasteiger charge is 2.73. The molecule has 3 saturated heterocycles. The summed E-state index contributed by atoms with van der Waals surface area (Å²) in [4.78, 5) is 42.1. The monoisotopic (exact) mass is 527 g/mol. The average molecular weight is 528 g/mol. The van der Waals surface area contributed by atoms with Crippen LogP contribution in [0.3, 0.4) is 0 Å². The summed E-state index contributed by atoms with van der Waals surface area (Å²) >= 11 is 6.05. The van der Waals surface area contributed by atoms with Crippen molar-refractivity contribution in [1.82, 2.24) is 4.74 Å². The first-order valence-electron chi connectivity index (χ1n) is 12.6. The number of anilines is 1. The number of benzene rings is 3. The molecule has 2 amide bonds. The van der Waals surface area contributed by atoms with E-state index in [4.69, 9.17) is 20.9 Å². The quantitative estimate of drug-likeness (QED) is 0.353. The highest BCUT2D eigenvalue weighted by atomic mass is 35.5. The molecule has 0 spiro atoms. The van der Waals surface area contributed by atoms with Gasteiger partial charge in [0.2, 0.25) is 11.8 Å². The predicted molar refractivity (Wildman–Crippen MR) is 140 cm³/mol. The van der Waals surface area contributed by atoms with Gasteiger partial charge in [-0.25, -0.2) is 4.90 Å². The van der Waals surface area contributed by atoms with E-state index in [0.717, 1.165) is 0 Å². The predicted octanol–water partition coefficient (Wildman–Crippen LogP) is 4.79. The number of imide groups is 1. The van der Waals surface area contributed by atoms with Crippen molar-refractivity contribution in [2.45, 2.75) is 43.9 Å². The molecule has 3 fully saturated rings. The van der Waals surface area contributed by atoms with Crippen molar-refractivity contribution < 1.29 is 18.8 Å². The molecule has 9 heteroatoms. The largest absolute Gasteiger partial charge is 0.376 e. The van der Waals surface area contributed by atoms with Gasteiger partial charge < -0.3 is 9.26 Å². The van der Waals surface area contributed by atoms with E-state index in [1.807, 2.05) is 31.2 Å². The molecule has 0 unspecified atom stereocenters. The minimum atomic E-state index is -0.890. The maximum absolute atomic E-state index is 14.0. The van der Waals surface area contributed by atoms with Gasteiger partial charge in [-0.1, -0.05) is 35.9 Å². The SMILES string of the molecule is C[C@@]12CC[C@@](CCn3oc4cc(Cl)ccc4c3=O)(O1)[C@H]1C(=O)N(c3ccc(C#N)c4ccccc34)C(=O)[C@H]12. The summed E-state index contributed by atoms with van der Waals surface area (Å²) in [7, 11) is 0. The average Bonchev–Trinajstić information content (AvgIpc) is 3.58. The highest BCUT2D eigenvalue weighted by Crippen LogP contribution is 2.62. The topological polar surface area (TPSA) is 106 Å². The van der Waals surface area contributed by atoms with Gasteiger partial charge in [0.1, 0.15) is 0 Å². The molecule has 190 valence electrons. The number of carbonyl (C=O) groups is 2. The smallest absolute Gasteiger partial charge is 0.290 e.